The number of nitrogens with one attached hydrogen (secondary N) is 2. The Bertz CT molecular complexity index is 359. The minimum Gasteiger partial charge on any atom is -0.380 e. The molecular weight excluding hydrogens is 252 g/mol. The van der Waals surface area contributed by atoms with E-state index in [-0.39, 0.29) is 18.3 Å². The summed E-state index contributed by atoms with van der Waals surface area (Å²) in [7, 11) is 3.54. The molecule has 1 amide bonds. The lowest BCUT2D eigenvalue weighted by atomic mass is 10.1. The first-order valence-electron chi connectivity index (χ1n) is 5.78. The topological polar surface area (TPSA) is 50.4 Å². The van der Waals surface area contributed by atoms with Gasteiger partial charge in [0.25, 0.3) is 5.91 Å². The van der Waals surface area contributed by atoms with Gasteiger partial charge in [-0.15, -0.1) is 12.4 Å². The molecule has 0 atom stereocenters. The minimum atomic E-state index is -0.0287. The van der Waals surface area contributed by atoms with Gasteiger partial charge < -0.3 is 15.4 Å². The zero-order valence-electron chi connectivity index (χ0n) is 10.9. The number of methoxy groups -OCH3 is 1. The number of ether oxygens (including phenoxy) is 1. The van der Waals surface area contributed by atoms with Crippen LogP contribution in [0.25, 0.3) is 0 Å². The van der Waals surface area contributed by atoms with Crippen molar-refractivity contribution in [3.05, 3.63) is 35.4 Å². The molecule has 0 aromatic heterocycles. The van der Waals surface area contributed by atoms with Crippen molar-refractivity contribution in [3.63, 3.8) is 0 Å². The van der Waals surface area contributed by atoms with Crippen molar-refractivity contribution >= 4 is 18.3 Å². The van der Waals surface area contributed by atoms with Crippen LogP contribution in [0.3, 0.4) is 0 Å². The van der Waals surface area contributed by atoms with Crippen molar-refractivity contribution in [2.24, 2.45) is 0 Å². The molecule has 4 nitrogen and oxygen atoms in total. The first-order chi connectivity index (χ1) is 8.27. The van der Waals surface area contributed by atoms with E-state index >= 15 is 0 Å². The number of rotatable bonds is 7. The standard InChI is InChI=1S/C13H20N2O2.ClH/c1-14-7-4-8-15-13(16)12-6-3-5-11(9-12)10-17-2;/h3,5-6,9,14H,4,7-8,10H2,1-2H3,(H,15,16);1H. The molecule has 0 aliphatic rings. The van der Waals surface area contributed by atoms with Crippen LogP contribution in [0.5, 0.6) is 0 Å². The molecule has 5 heteroatoms. The van der Waals surface area contributed by atoms with Crippen molar-refractivity contribution in [2.45, 2.75) is 13.0 Å². The van der Waals surface area contributed by atoms with E-state index in [1.54, 1.807) is 7.11 Å². The van der Waals surface area contributed by atoms with Crippen LogP contribution in [0, 0.1) is 0 Å². The second kappa shape index (κ2) is 9.88. The lowest BCUT2D eigenvalue weighted by molar-refractivity contribution is 0.0953. The summed E-state index contributed by atoms with van der Waals surface area (Å²) < 4.78 is 5.04. The molecule has 1 aromatic rings. The summed E-state index contributed by atoms with van der Waals surface area (Å²) in [5.41, 5.74) is 1.69. The number of carbonyl (C=O) groups is 1. The van der Waals surface area contributed by atoms with Crippen LogP contribution in [0.15, 0.2) is 24.3 Å². The van der Waals surface area contributed by atoms with Crippen LogP contribution in [0.2, 0.25) is 0 Å². The SMILES string of the molecule is CNCCCNC(=O)c1cccc(COC)c1.Cl. The van der Waals surface area contributed by atoms with E-state index in [2.05, 4.69) is 10.6 Å². The molecule has 0 spiro atoms. The largest absolute Gasteiger partial charge is 0.380 e. The monoisotopic (exact) mass is 272 g/mol. The zero-order chi connectivity index (χ0) is 12.5. The fraction of sp³-hybridized carbons (Fsp3) is 0.462. The Morgan fingerprint density at radius 1 is 1.33 bits per heavy atom. The van der Waals surface area contributed by atoms with Crippen LogP contribution >= 0.6 is 12.4 Å². The van der Waals surface area contributed by atoms with Gasteiger partial charge in [-0.25, -0.2) is 0 Å². The lowest BCUT2D eigenvalue weighted by Gasteiger charge is -2.06. The predicted molar refractivity (Wildman–Crippen MR) is 75.3 cm³/mol. The molecule has 0 bridgehead atoms. The highest BCUT2D eigenvalue weighted by molar-refractivity contribution is 5.94. The molecule has 0 fully saturated rings. The van der Waals surface area contributed by atoms with E-state index in [1.165, 1.54) is 0 Å². The fourth-order valence-electron chi connectivity index (χ4n) is 1.54. The van der Waals surface area contributed by atoms with Crippen LogP contribution in [-0.4, -0.2) is 33.2 Å². The predicted octanol–water partition coefficient (Wildman–Crippen LogP) is 1.59. The number of hydrogen-bond acceptors (Lipinski definition) is 3. The summed E-state index contributed by atoms with van der Waals surface area (Å²) in [5.74, 6) is -0.0287. The molecule has 102 valence electrons. The molecule has 0 saturated heterocycles. The van der Waals surface area contributed by atoms with Gasteiger partial charge >= 0.3 is 0 Å². The number of halogens is 1. The van der Waals surface area contributed by atoms with Crippen LogP contribution < -0.4 is 10.6 Å². The van der Waals surface area contributed by atoms with Gasteiger partial charge in [-0.1, -0.05) is 12.1 Å². The quantitative estimate of drug-likeness (QED) is 0.741. The normalized spacial score (nSPS) is 9.67. The number of benzene rings is 1. The molecule has 0 saturated carbocycles. The van der Waals surface area contributed by atoms with Crippen molar-refractivity contribution in [1.82, 2.24) is 10.6 Å². The molecule has 0 heterocycles. The Hall–Kier alpha value is -1.10. The maximum atomic E-state index is 11.8. The smallest absolute Gasteiger partial charge is 0.251 e. The number of hydrogen-bond donors (Lipinski definition) is 2. The Labute approximate surface area is 115 Å². The fourth-order valence-corrected chi connectivity index (χ4v) is 1.54. The highest BCUT2D eigenvalue weighted by Crippen LogP contribution is 2.06. The summed E-state index contributed by atoms with van der Waals surface area (Å²) in [6, 6.07) is 7.49. The highest BCUT2D eigenvalue weighted by atomic mass is 35.5. The Morgan fingerprint density at radius 2 is 2.11 bits per heavy atom. The van der Waals surface area contributed by atoms with Crippen LogP contribution in [0.4, 0.5) is 0 Å². The molecule has 18 heavy (non-hydrogen) atoms. The van der Waals surface area contributed by atoms with Crippen molar-refractivity contribution in [3.8, 4) is 0 Å². The van der Waals surface area contributed by atoms with Gasteiger partial charge in [-0.2, -0.15) is 0 Å². The summed E-state index contributed by atoms with van der Waals surface area (Å²) in [6.07, 6.45) is 0.931. The number of carbonyl (C=O) groups excluding carboxylic acids is 1. The van der Waals surface area contributed by atoms with E-state index in [1.807, 2.05) is 31.3 Å². The van der Waals surface area contributed by atoms with Gasteiger partial charge in [-0.05, 0) is 37.7 Å². The summed E-state index contributed by atoms with van der Waals surface area (Å²) in [6.45, 7) is 2.12. The summed E-state index contributed by atoms with van der Waals surface area (Å²) in [4.78, 5) is 11.8. The maximum absolute atomic E-state index is 11.8. The molecule has 0 aliphatic carbocycles. The molecule has 1 rings (SSSR count). The van der Waals surface area contributed by atoms with Crippen molar-refractivity contribution in [1.29, 1.82) is 0 Å². The van der Waals surface area contributed by atoms with E-state index in [4.69, 9.17) is 4.74 Å². The third kappa shape index (κ3) is 6.00. The van der Waals surface area contributed by atoms with Gasteiger partial charge in [0.15, 0.2) is 0 Å². The first kappa shape index (κ1) is 16.9. The molecule has 0 aliphatic heterocycles. The minimum absolute atomic E-state index is 0. The Morgan fingerprint density at radius 3 is 2.78 bits per heavy atom. The summed E-state index contributed by atoms with van der Waals surface area (Å²) >= 11 is 0. The van der Waals surface area contributed by atoms with Crippen LogP contribution in [0.1, 0.15) is 22.3 Å². The lowest BCUT2D eigenvalue weighted by Crippen LogP contribution is -2.26. The van der Waals surface area contributed by atoms with Gasteiger partial charge in [-0.3, -0.25) is 4.79 Å². The van der Waals surface area contributed by atoms with E-state index in [0.717, 1.165) is 18.5 Å². The third-order valence-corrected chi connectivity index (χ3v) is 2.39. The molecule has 0 unspecified atom stereocenters. The molecule has 0 radical (unpaired) electrons. The van der Waals surface area contributed by atoms with E-state index in [0.29, 0.717) is 18.7 Å². The average Bonchev–Trinajstić information content (AvgIpc) is 2.35. The molecular formula is C13H21ClN2O2. The maximum Gasteiger partial charge on any atom is 0.251 e. The van der Waals surface area contributed by atoms with E-state index < -0.39 is 0 Å². The summed E-state index contributed by atoms with van der Waals surface area (Å²) in [5, 5.41) is 5.92. The van der Waals surface area contributed by atoms with Crippen molar-refractivity contribution in [2.75, 3.05) is 27.2 Å². The van der Waals surface area contributed by atoms with Gasteiger partial charge in [0.1, 0.15) is 0 Å². The Kier molecular flexibility index (Phi) is 9.28. The van der Waals surface area contributed by atoms with Gasteiger partial charge in [0.2, 0.25) is 0 Å². The zero-order valence-corrected chi connectivity index (χ0v) is 11.7. The third-order valence-electron chi connectivity index (χ3n) is 2.39. The van der Waals surface area contributed by atoms with Crippen molar-refractivity contribution < 1.29 is 9.53 Å². The van der Waals surface area contributed by atoms with E-state index in [9.17, 15) is 4.79 Å². The number of amides is 1. The van der Waals surface area contributed by atoms with Gasteiger partial charge in [0, 0.05) is 19.2 Å². The second-order valence-electron chi connectivity index (χ2n) is 3.85. The van der Waals surface area contributed by atoms with Gasteiger partial charge in [0.05, 0.1) is 6.61 Å². The van der Waals surface area contributed by atoms with Crippen LogP contribution in [-0.2, 0) is 11.3 Å². The Balaban J connectivity index is 0.00000289. The molecule has 2 N–H and O–H groups in total. The highest BCUT2D eigenvalue weighted by Gasteiger charge is 2.04. The second-order valence-corrected chi connectivity index (χ2v) is 3.85. The average molecular weight is 273 g/mol. The first-order valence-corrected chi connectivity index (χ1v) is 5.78. The molecule has 1 aromatic carbocycles.